The van der Waals surface area contributed by atoms with Crippen molar-refractivity contribution in [2.75, 3.05) is 32.1 Å². The highest BCUT2D eigenvalue weighted by Crippen LogP contribution is 2.44. The summed E-state index contributed by atoms with van der Waals surface area (Å²) in [6.45, 7) is 9.70. The number of hydrogen-bond acceptors (Lipinski definition) is 3. The molecule has 6 nitrogen and oxygen atoms in total. The lowest BCUT2D eigenvalue weighted by molar-refractivity contribution is 0.143. The number of fused-ring (bicyclic) bond motifs is 2. The van der Waals surface area contributed by atoms with Gasteiger partial charge in [0.15, 0.2) is 0 Å². The molecule has 2 heterocycles. The molecule has 2 atom stereocenters. The summed E-state index contributed by atoms with van der Waals surface area (Å²) in [6, 6.07) is 6.69. The summed E-state index contributed by atoms with van der Waals surface area (Å²) in [5.74, 6) is 6.70. The van der Waals surface area contributed by atoms with Crippen molar-refractivity contribution in [1.29, 1.82) is 0 Å². The number of urea groups is 1. The predicted molar refractivity (Wildman–Crippen MR) is 125 cm³/mol. The summed E-state index contributed by atoms with van der Waals surface area (Å²) in [5, 5.41) is 11.5. The van der Waals surface area contributed by atoms with Crippen molar-refractivity contribution in [3.05, 3.63) is 35.0 Å². The zero-order chi connectivity index (χ0) is 22.3. The van der Waals surface area contributed by atoms with Crippen LogP contribution in [0.15, 0.2) is 18.2 Å². The second-order valence-corrected chi connectivity index (χ2v) is 9.30. The molecule has 1 saturated heterocycles. The van der Waals surface area contributed by atoms with Crippen LogP contribution in [0.4, 0.5) is 4.79 Å². The van der Waals surface area contributed by atoms with Crippen molar-refractivity contribution in [3.63, 3.8) is 0 Å². The van der Waals surface area contributed by atoms with Gasteiger partial charge in [0, 0.05) is 30.4 Å². The second-order valence-electron chi connectivity index (χ2n) is 9.30. The van der Waals surface area contributed by atoms with Crippen LogP contribution in [0, 0.1) is 11.8 Å². The molecule has 4 rings (SSSR count). The molecule has 1 aromatic heterocycles. The first-order chi connectivity index (χ1) is 14.7. The van der Waals surface area contributed by atoms with Crippen LogP contribution in [0.5, 0.6) is 0 Å². The molecular weight excluding hydrogens is 388 g/mol. The van der Waals surface area contributed by atoms with E-state index in [1.54, 1.807) is 18.7 Å². The van der Waals surface area contributed by atoms with Crippen LogP contribution in [-0.4, -0.2) is 63.9 Å². The number of nitrogens with one attached hydrogen (secondary N) is 1. The number of likely N-dealkylation sites (tertiary alicyclic amines) is 1. The third-order valence-electron chi connectivity index (χ3n) is 6.74. The number of benzene rings is 1. The summed E-state index contributed by atoms with van der Waals surface area (Å²) in [6.07, 6.45) is 3.29. The Hall–Kier alpha value is -2.49. The lowest BCUT2D eigenvalue weighted by atomic mass is 9.75. The highest BCUT2D eigenvalue weighted by molar-refractivity contribution is 5.94. The van der Waals surface area contributed by atoms with Crippen LogP contribution < -0.4 is 5.43 Å². The normalized spacial score (nSPS) is 20.7. The van der Waals surface area contributed by atoms with Gasteiger partial charge in [0.25, 0.3) is 0 Å². The fourth-order valence-corrected chi connectivity index (χ4v) is 5.19. The van der Waals surface area contributed by atoms with Gasteiger partial charge in [0.05, 0.1) is 5.52 Å². The van der Waals surface area contributed by atoms with Crippen LogP contribution in [-0.2, 0) is 6.42 Å². The number of aromatic nitrogens is 1. The van der Waals surface area contributed by atoms with Crippen molar-refractivity contribution in [1.82, 2.24) is 14.5 Å². The Labute approximate surface area is 185 Å². The van der Waals surface area contributed by atoms with E-state index in [0.29, 0.717) is 25.0 Å². The predicted octanol–water partition coefficient (Wildman–Crippen LogP) is 3.50. The maximum atomic E-state index is 13.0. The Morgan fingerprint density at radius 3 is 2.74 bits per heavy atom. The van der Waals surface area contributed by atoms with E-state index in [0.717, 1.165) is 24.2 Å². The van der Waals surface area contributed by atoms with Gasteiger partial charge in [-0.15, -0.1) is 0 Å². The number of carbonyl (C=O) groups excluding carboxylic acids is 1. The fraction of sp³-hybridized carbons (Fsp3) is 0.560. The number of amides is 2. The lowest BCUT2D eigenvalue weighted by Crippen LogP contribution is -2.44. The summed E-state index contributed by atoms with van der Waals surface area (Å²) < 4.78 is 1.85. The molecule has 0 radical (unpaired) electrons. The molecule has 0 saturated carbocycles. The average Bonchev–Trinajstić information content (AvgIpc) is 3.01. The first-order valence-corrected chi connectivity index (χ1v) is 11.4. The van der Waals surface area contributed by atoms with Crippen LogP contribution in [0.1, 0.15) is 63.3 Å². The van der Waals surface area contributed by atoms with E-state index < -0.39 is 5.60 Å². The van der Waals surface area contributed by atoms with Gasteiger partial charge in [-0.05, 0) is 83.7 Å². The van der Waals surface area contributed by atoms with Gasteiger partial charge in [0.1, 0.15) is 11.3 Å². The fourth-order valence-electron chi connectivity index (χ4n) is 5.19. The number of rotatable bonds is 3. The minimum absolute atomic E-state index is 0.140. The molecule has 0 bridgehead atoms. The van der Waals surface area contributed by atoms with Crippen LogP contribution in [0.2, 0.25) is 0 Å². The zero-order valence-corrected chi connectivity index (χ0v) is 19.3. The Bertz CT molecular complexity index is 1050. The topological polar surface area (TPSA) is 60.7 Å². The highest BCUT2D eigenvalue weighted by atomic mass is 16.3. The van der Waals surface area contributed by atoms with E-state index in [4.69, 9.17) is 0 Å². The van der Waals surface area contributed by atoms with Gasteiger partial charge in [-0.3, -0.25) is 0 Å². The molecule has 1 aromatic carbocycles. The van der Waals surface area contributed by atoms with E-state index in [2.05, 4.69) is 47.4 Å². The number of aliphatic hydroxyl groups is 1. The molecule has 1 aliphatic heterocycles. The molecule has 166 valence electrons. The van der Waals surface area contributed by atoms with Crippen molar-refractivity contribution in [2.24, 2.45) is 0 Å². The van der Waals surface area contributed by atoms with Gasteiger partial charge in [-0.25, -0.2) is 14.9 Å². The van der Waals surface area contributed by atoms with Crippen molar-refractivity contribution in [2.45, 2.75) is 64.5 Å². The molecule has 31 heavy (non-hydrogen) atoms. The minimum atomic E-state index is -1.11. The molecule has 1 aliphatic carbocycles. The quantitative estimate of drug-likeness (QED) is 0.745. The molecule has 2 aromatic rings. The highest BCUT2D eigenvalue weighted by Gasteiger charge is 2.38. The molecule has 2 aliphatic rings. The number of piperidine rings is 1. The van der Waals surface area contributed by atoms with Crippen molar-refractivity contribution >= 4 is 16.9 Å². The van der Waals surface area contributed by atoms with E-state index in [-0.39, 0.29) is 6.03 Å². The van der Waals surface area contributed by atoms with Gasteiger partial charge in [0.2, 0.25) is 0 Å². The van der Waals surface area contributed by atoms with Crippen molar-refractivity contribution in [3.8, 4) is 11.8 Å². The number of likely N-dealkylation sites (N-methyl/N-ethyl adjacent to an activating group) is 1. The SMILES string of the molecule is CCN(CC)C(=O)Nn1c(C#CC(C)(C)O)c2c3c(cccc31)[C@H]1CCCN(C)[C@@H]1C2. The van der Waals surface area contributed by atoms with Gasteiger partial charge < -0.3 is 14.9 Å². The van der Waals surface area contributed by atoms with Crippen LogP contribution in [0.25, 0.3) is 10.9 Å². The smallest absolute Gasteiger partial charge is 0.336 e. The van der Waals surface area contributed by atoms with E-state index >= 15 is 0 Å². The van der Waals surface area contributed by atoms with Gasteiger partial charge in [-0.2, -0.15) is 0 Å². The largest absolute Gasteiger partial charge is 0.378 e. The number of carbonyl (C=O) groups is 1. The maximum absolute atomic E-state index is 13.0. The van der Waals surface area contributed by atoms with Gasteiger partial charge in [-0.1, -0.05) is 18.1 Å². The second kappa shape index (κ2) is 8.22. The van der Waals surface area contributed by atoms with Crippen molar-refractivity contribution < 1.29 is 9.90 Å². The summed E-state index contributed by atoms with van der Waals surface area (Å²) in [7, 11) is 2.21. The first-order valence-electron chi connectivity index (χ1n) is 11.4. The monoisotopic (exact) mass is 422 g/mol. The number of hydrogen-bond donors (Lipinski definition) is 2. The van der Waals surface area contributed by atoms with Crippen LogP contribution in [0.3, 0.4) is 0 Å². The Balaban J connectivity index is 1.92. The zero-order valence-electron chi connectivity index (χ0n) is 19.3. The van der Waals surface area contributed by atoms with Gasteiger partial charge >= 0.3 is 6.03 Å². The first kappa shape index (κ1) is 21.7. The summed E-state index contributed by atoms with van der Waals surface area (Å²) in [4.78, 5) is 17.2. The Kier molecular flexibility index (Phi) is 5.76. The lowest BCUT2D eigenvalue weighted by Gasteiger charge is -2.42. The standard InChI is InChI=1S/C25H34N4O2/c1-6-28(7-2)24(30)26-29-20(13-14-25(3,4)31)19-16-22-17(11-9-15-27(22)5)18-10-8-12-21(29)23(18)19/h8,10,12,17,22,31H,6-7,9,11,15-16H2,1-5H3,(H,26,30)/t17-,22-/m1/s1. The molecule has 1 fully saturated rings. The summed E-state index contributed by atoms with van der Waals surface area (Å²) >= 11 is 0. The third kappa shape index (κ3) is 3.93. The molecule has 0 unspecified atom stereocenters. The Morgan fingerprint density at radius 1 is 1.32 bits per heavy atom. The van der Waals surface area contributed by atoms with E-state index in [1.807, 2.05) is 18.5 Å². The molecule has 2 N–H and O–H groups in total. The minimum Gasteiger partial charge on any atom is -0.378 e. The molecule has 6 heteroatoms. The van der Waals surface area contributed by atoms with Crippen LogP contribution >= 0.6 is 0 Å². The summed E-state index contributed by atoms with van der Waals surface area (Å²) in [5.41, 5.74) is 6.29. The molecule has 2 amide bonds. The average molecular weight is 423 g/mol. The van der Waals surface area contributed by atoms with E-state index in [9.17, 15) is 9.90 Å². The molecular formula is C25H34N4O2. The molecule has 0 spiro atoms. The maximum Gasteiger partial charge on any atom is 0.336 e. The third-order valence-corrected chi connectivity index (χ3v) is 6.74. The Morgan fingerprint density at radius 2 is 2.06 bits per heavy atom. The van der Waals surface area contributed by atoms with E-state index in [1.165, 1.54) is 29.4 Å². The number of nitrogens with zero attached hydrogens (tertiary/aromatic N) is 3.